The molecule has 2 heterocycles. The summed E-state index contributed by atoms with van der Waals surface area (Å²) in [7, 11) is 0. The Balaban J connectivity index is 1.75. The van der Waals surface area contributed by atoms with Crippen molar-refractivity contribution in [2.75, 3.05) is 0 Å². The van der Waals surface area contributed by atoms with E-state index >= 15 is 0 Å². The van der Waals surface area contributed by atoms with Gasteiger partial charge in [-0.15, -0.1) is 0 Å². The van der Waals surface area contributed by atoms with Gasteiger partial charge in [-0.25, -0.2) is 14.3 Å². The van der Waals surface area contributed by atoms with E-state index in [1.54, 1.807) is 11.5 Å². The van der Waals surface area contributed by atoms with E-state index in [1.165, 1.54) is 10.9 Å². The van der Waals surface area contributed by atoms with Gasteiger partial charge in [0.25, 0.3) is 11.5 Å². The molecule has 0 spiro atoms. The van der Waals surface area contributed by atoms with Crippen LogP contribution in [-0.2, 0) is 29.2 Å². The second-order valence-corrected chi connectivity index (χ2v) is 8.62. The molecule has 10 heteroatoms. The van der Waals surface area contributed by atoms with Crippen LogP contribution in [0.5, 0.6) is 0 Å². The molecule has 0 aliphatic carbocycles. The number of carbonyl (C=O) groups is 2. The van der Waals surface area contributed by atoms with E-state index in [0.717, 1.165) is 15.7 Å². The number of carbonyl (C=O) groups excluding carboxylic acids is 2. The first-order valence-electron chi connectivity index (χ1n) is 11.7. The molecular weight excluding hydrogens is 460 g/mol. The number of hydrogen-bond acceptors (Lipinski definition) is 5. The van der Waals surface area contributed by atoms with Crippen LogP contribution < -0.4 is 22.1 Å². The number of nitrogens with zero attached hydrogens (tertiary/aromatic N) is 4. The molecule has 2 aromatic heterocycles. The lowest BCUT2D eigenvalue weighted by Gasteiger charge is -2.14. The zero-order valence-electron chi connectivity index (χ0n) is 20.2. The number of rotatable bonds is 8. The number of imidazole rings is 1. The molecule has 186 valence electrons. The van der Waals surface area contributed by atoms with Crippen molar-refractivity contribution in [1.82, 2.24) is 29.5 Å². The van der Waals surface area contributed by atoms with Gasteiger partial charge in [0.2, 0.25) is 5.91 Å². The lowest BCUT2D eigenvalue weighted by molar-refractivity contribution is -0.131. The zero-order chi connectivity index (χ0) is 25.7. The third-order valence-electron chi connectivity index (χ3n) is 6.05. The topological polar surface area (TPSA) is 120 Å². The summed E-state index contributed by atoms with van der Waals surface area (Å²) in [6.07, 6.45) is 2.13. The fourth-order valence-electron chi connectivity index (χ4n) is 3.81. The van der Waals surface area contributed by atoms with Crippen LogP contribution in [0.3, 0.4) is 0 Å². The SMILES string of the molecule is CCC(C)C(=O)NNC(=O)Cn1c(=O)c2c(ncn2Cc2ccccc2)n(Cc2ccccc2)c1=O. The summed E-state index contributed by atoms with van der Waals surface area (Å²) >= 11 is 0. The second-order valence-electron chi connectivity index (χ2n) is 8.62. The van der Waals surface area contributed by atoms with Crippen LogP contribution in [0, 0.1) is 5.92 Å². The summed E-state index contributed by atoms with van der Waals surface area (Å²) in [6.45, 7) is 3.57. The predicted octanol–water partition coefficient (Wildman–Crippen LogP) is 1.65. The van der Waals surface area contributed by atoms with Gasteiger partial charge in [-0.05, 0) is 17.5 Å². The Morgan fingerprint density at radius 2 is 1.50 bits per heavy atom. The maximum atomic E-state index is 13.5. The van der Waals surface area contributed by atoms with E-state index in [9.17, 15) is 19.2 Å². The van der Waals surface area contributed by atoms with Gasteiger partial charge in [-0.3, -0.25) is 29.8 Å². The number of hydrazine groups is 1. The molecule has 0 aliphatic rings. The molecule has 2 amide bonds. The van der Waals surface area contributed by atoms with E-state index in [0.29, 0.717) is 13.0 Å². The first kappa shape index (κ1) is 24.6. The maximum Gasteiger partial charge on any atom is 0.333 e. The molecule has 4 rings (SSSR count). The standard InChI is InChI=1S/C26H28N6O4/c1-3-18(2)24(34)29-28-21(33)16-32-25(35)22-23(27-17-30(22)14-19-10-6-4-7-11-19)31(26(32)36)15-20-12-8-5-9-13-20/h4-13,17-18H,3,14-16H2,1-2H3,(H,28,33)(H,29,34). The van der Waals surface area contributed by atoms with Crippen LogP contribution >= 0.6 is 0 Å². The molecule has 0 aliphatic heterocycles. The molecule has 2 aromatic carbocycles. The van der Waals surface area contributed by atoms with E-state index < -0.39 is 23.7 Å². The van der Waals surface area contributed by atoms with Crippen LogP contribution in [-0.4, -0.2) is 30.5 Å². The minimum Gasteiger partial charge on any atom is -0.320 e. The highest BCUT2D eigenvalue weighted by atomic mass is 16.2. The molecule has 2 N–H and O–H groups in total. The first-order chi connectivity index (χ1) is 17.4. The van der Waals surface area contributed by atoms with Crippen molar-refractivity contribution in [3.8, 4) is 0 Å². The van der Waals surface area contributed by atoms with E-state index in [4.69, 9.17) is 0 Å². The predicted molar refractivity (Wildman–Crippen MR) is 135 cm³/mol. The Bertz CT molecular complexity index is 1490. The molecule has 1 unspecified atom stereocenters. The third-order valence-corrected chi connectivity index (χ3v) is 6.05. The Morgan fingerprint density at radius 1 is 0.889 bits per heavy atom. The second kappa shape index (κ2) is 10.9. The average molecular weight is 489 g/mol. The Kier molecular flexibility index (Phi) is 7.43. The van der Waals surface area contributed by atoms with Gasteiger partial charge in [0.15, 0.2) is 11.2 Å². The fourth-order valence-corrected chi connectivity index (χ4v) is 3.81. The summed E-state index contributed by atoms with van der Waals surface area (Å²) in [6, 6.07) is 18.9. The molecule has 0 radical (unpaired) electrons. The quantitative estimate of drug-likeness (QED) is 0.366. The minimum absolute atomic E-state index is 0.172. The molecular formula is C26H28N6O4. The van der Waals surface area contributed by atoms with Gasteiger partial charge in [0.05, 0.1) is 12.9 Å². The Morgan fingerprint density at radius 3 is 2.11 bits per heavy atom. The van der Waals surface area contributed by atoms with Crippen LogP contribution in [0.15, 0.2) is 76.6 Å². The third kappa shape index (κ3) is 5.27. The van der Waals surface area contributed by atoms with Crippen LogP contribution in [0.1, 0.15) is 31.4 Å². The lowest BCUT2D eigenvalue weighted by atomic mass is 10.1. The van der Waals surface area contributed by atoms with Crippen LogP contribution in [0.25, 0.3) is 11.2 Å². The highest BCUT2D eigenvalue weighted by Gasteiger charge is 2.20. The van der Waals surface area contributed by atoms with Gasteiger partial charge in [-0.2, -0.15) is 0 Å². The Hall–Kier alpha value is -4.47. The zero-order valence-corrected chi connectivity index (χ0v) is 20.2. The van der Waals surface area contributed by atoms with Crippen LogP contribution in [0.4, 0.5) is 0 Å². The molecule has 4 aromatic rings. The molecule has 0 saturated heterocycles. The largest absolute Gasteiger partial charge is 0.333 e. The molecule has 1 atom stereocenters. The summed E-state index contributed by atoms with van der Waals surface area (Å²) in [5, 5.41) is 0. The highest BCUT2D eigenvalue weighted by molar-refractivity contribution is 5.83. The summed E-state index contributed by atoms with van der Waals surface area (Å²) in [4.78, 5) is 55.9. The Labute approximate surface area is 207 Å². The number of aromatic nitrogens is 4. The van der Waals surface area contributed by atoms with Gasteiger partial charge in [0, 0.05) is 12.5 Å². The molecule has 10 nitrogen and oxygen atoms in total. The van der Waals surface area contributed by atoms with Gasteiger partial charge < -0.3 is 4.57 Å². The smallest absolute Gasteiger partial charge is 0.320 e. The lowest BCUT2D eigenvalue weighted by Crippen LogP contribution is -2.49. The molecule has 0 saturated carbocycles. The molecule has 0 bridgehead atoms. The monoisotopic (exact) mass is 488 g/mol. The maximum absolute atomic E-state index is 13.5. The highest BCUT2D eigenvalue weighted by Crippen LogP contribution is 2.12. The normalized spacial score (nSPS) is 11.8. The summed E-state index contributed by atoms with van der Waals surface area (Å²) in [5.41, 5.74) is 5.60. The molecule has 0 fully saturated rings. The fraction of sp³-hybridized carbons (Fsp3) is 0.269. The first-order valence-corrected chi connectivity index (χ1v) is 11.7. The number of nitrogens with one attached hydrogen (secondary N) is 2. The van der Waals surface area contributed by atoms with Crippen molar-refractivity contribution in [3.63, 3.8) is 0 Å². The van der Waals surface area contributed by atoms with Crippen molar-refractivity contribution >= 4 is 23.0 Å². The van der Waals surface area contributed by atoms with E-state index in [1.807, 2.05) is 67.6 Å². The van der Waals surface area contributed by atoms with Crippen molar-refractivity contribution in [1.29, 1.82) is 0 Å². The van der Waals surface area contributed by atoms with Crippen molar-refractivity contribution in [2.24, 2.45) is 5.92 Å². The number of hydrogen-bond donors (Lipinski definition) is 2. The van der Waals surface area contributed by atoms with Crippen molar-refractivity contribution < 1.29 is 9.59 Å². The van der Waals surface area contributed by atoms with Gasteiger partial charge >= 0.3 is 5.69 Å². The number of fused-ring (bicyclic) bond motifs is 1. The van der Waals surface area contributed by atoms with Crippen LogP contribution in [0.2, 0.25) is 0 Å². The molecule has 36 heavy (non-hydrogen) atoms. The van der Waals surface area contributed by atoms with Gasteiger partial charge in [-0.1, -0.05) is 74.5 Å². The van der Waals surface area contributed by atoms with Crippen molar-refractivity contribution in [3.05, 3.63) is 99.0 Å². The van der Waals surface area contributed by atoms with Gasteiger partial charge in [0.1, 0.15) is 6.54 Å². The van der Waals surface area contributed by atoms with E-state index in [2.05, 4.69) is 15.8 Å². The van der Waals surface area contributed by atoms with E-state index in [-0.39, 0.29) is 29.5 Å². The minimum atomic E-state index is -0.689. The summed E-state index contributed by atoms with van der Waals surface area (Å²) in [5.74, 6) is -1.33. The summed E-state index contributed by atoms with van der Waals surface area (Å²) < 4.78 is 3.94. The van der Waals surface area contributed by atoms with Crippen molar-refractivity contribution in [2.45, 2.75) is 39.9 Å². The number of benzene rings is 2. The average Bonchev–Trinajstić information content (AvgIpc) is 3.31. The number of amides is 2.